The van der Waals surface area contributed by atoms with Crippen LogP contribution in [-0.2, 0) is 0 Å². The Morgan fingerprint density at radius 3 is 2.82 bits per heavy atom. The fraction of sp³-hybridized carbons (Fsp3) is 0.375. The first-order valence-electron chi connectivity index (χ1n) is 4.46. The van der Waals surface area contributed by atoms with Crippen LogP contribution in [0.5, 0.6) is 0 Å². The number of hydrogen-bond acceptors (Lipinski definition) is 5. The minimum atomic E-state index is -4.22. The van der Waals surface area contributed by atoms with Gasteiger partial charge >= 0.3 is 5.51 Å². The molecule has 0 unspecified atom stereocenters. The summed E-state index contributed by atoms with van der Waals surface area (Å²) < 4.78 is 35.5. The number of anilines is 1. The van der Waals surface area contributed by atoms with E-state index in [1.165, 1.54) is 12.3 Å². The maximum Gasteiger partial charge on any atom is 0.441 e. The molecule has 0 fully saturated rings. The summed E-state index contributed by atoms with van der Waals surface area (Å²) in [7, 11) is 0. The molecule has 0 aliphatic heterocycles. The summed E-state index contributed by atoms with van der Waals surface area (Å²) in [5.74, 6) is 0.0857. The van der Waals surface area contributed by atoms with Gasteiger partial charge in [0.05, 0.1) is 0 Å². The lowest BCUT2D eigenvalue weighted by molar-refractivity contribution is -0.0327. The van der Waals surface area contributed by atoms with Crippen LogP contribution in [0.2, 0.25) is 0 Å². The summed E-state index contributed by atoms with van der Waals surface area (Å²) in [6, 6.07) is 1.53. The van der Waals surface area contributed by atoms with Gasteiger partial charge in [-0.3, -0.25) is 0 Å². The molecule has 94 valence electrons. The predicted molar refractivity (Wildman–Crippen MR) is 64.9 cm³/mol. The maximum absolute atomic E-state index is 11.8. The number of nitrogens with zero attached hydrogens (tertiary/aromatic N) is 2. The summed E-state index contributed by atoms with van der Waals surface area (Å²) >= 11 is 4.61. The number of thioether (sulfide) groups is 1. The number of halogens is 3. The van der Waals surface area contributed by atoms with Crippen LogP contribution in [0.4, 0.5) is 19.1 Å². The number of hydrogen-bond donors (Lipinski definition) is 2. The lowest BCUT2D eigenvalue weighted by atomic mass is 10.4. The Morgan fingerprint density at radius 1 is 1.53 bits per heavy atom. The summed E-state index contributed by atoms with van der Waals surface area (Å²) in [5, 5.41) is 2.65. The number of alkyl halides is 3. The summed E-state index contributed by atoms with van der Waals surface area (Å²) in [6.07, 6.45) is 1.43. The number of nitrogens with one attached hydrogen (secondary N) is 1. The minimum Gasteiger partial charge on any atom is -0.388 e. The van der Waals surface area contributed by atoms with Gasteiger partial charge in [0.15, 0.2) is 0 Å². The van der Waals surface area contributed by atoms with Crippen LogP contribution in [0.3, 0.4) is 0 Å². The second-order valence-corrected chi connectivity index (χ2v) is 4.45. The molecule has 0 atom stereocenters. The van der Waals surface area contributed by atoms with E-state index in [1.807, 2.05) is 0 Å². The Morgan fingerprint density at radius 2 is 2.24 bits per heavy atom. The van der Waals surface area contributed by atoms with Crippen molar-refractivity contribution in [3.05, 3.63) is 18.0 Å². The summed E-state index contributed by atoms with van der Waals surface area (Å²) in [5.41, 5.74) is 1.51. The van der Waals surface area contributed by atoms with Crippen LogP contribution in [-0.4, -0.2) is 32.8 Å². The van der Waals surface area contributed by atoms with E-state index in [9.17, 15) is 13.2 Å². The number of nitrogens with two attached hydrogens (primary N) is 1. The van der Waals surface area contributed by atoms with Gasteiger partial charge in [-0.05, 0) is 17.8 Å². The van der Waals surface area contributed by atoms with Crippen molar-refractivity contribution in [1.29, 1.82) is 0 Å². The second-order valence-electron chi connectivity index (χ2n) is 2.85. The molecule has 0 radical (unpaired) electrons. The van der Waals surface area contributed by atoms with Gasteiger partial charge in [-0.1, -0.05) is 12.2 Å². The zero-order chi connectivity index (χ0) is 12.9. The van der Waals surface area contributed by atoms with E-state index in [0.29, 0.717) is 5.69 Å². The Bertz CT molecular complexity index is 397. The van der Waals surface area contributed by atoms with E-state index in [4.69, 9.17) is 18.0 Å². The first-order chi connectivity index (χ1) is 7.88. The maximum atomic E-state index is 11.8. The third-order valence-corrected chi connectivity index (χ3v) is 2.50. The van der Waals surface area contributed by atoms with E-state index in [-0.39, 0.29) is 35.0 Å². The Hall–Kier alpha value is -1.09. The van der Waals surface area contributed by atoms with Crippen molar-refractivity contribution >= 4 is 34.9 Å². The molecule has 1 rings (SSSR count). The molecule has 0 spiro atoms. The molecule has 1 aromatic rings. The average Bonchev–Trinajstić information content (AvgIpc) is 2.23. The molecule has 0 saturated heterocycles. The molecule has 0 aliphatic rings. The highest BCUT2D eigenvalue weighted by atomic mass is 32.2. The standard InChI is InChI=1S/C8H9F3N4S2/c9-8(10,11)17-4-3-14-7-13-2-1-5(15-7)6(12)16/h1-2H,3-4H2,(H2,12,16)(H,13,14,15). The first kappa shape index (κ1) is 14.0. The second kappa shape index (κ2) is 6.01. The van der Waals surface area contributed by atoms with Gasteiger partial charge in [0, 0.05) is 18.5 Å². The Kier molecular flexibility index (Phi) is 4.94. The molecule has 0 amide bonds. The predicted octanol–water partition coefficient (Wildman–Crippen LogP) is 1.78. The van der Waals surface area contributed by atoms with Crippen molar-refractivity contribution in [3.63, 3.8) is 0 Å². The Labute approximate surface area is 105 Å². The Balaban J connectivity index is 2.42. The highest BCUT2D eigenvalue weighted by Crippen LogP contribution is 2.29. The van der Waals surface area contributed by atoms with Crippen LogP contribution < -0.4 is 11.1 Å². The number of aromatic nitrogens is 2. The van der Waals surface area contributed by atoms with Crippen molar-refractivity contribution in [2.45, 2.75) is 5.51 Å². The molecule has 0 saturated carbocycles. The van der Waals surface area contributed by atoms with Crippen LogP contribution in [0.15, 0.2) is 12.3 Å². The van der Waals surface area contributed by atoms with Crippen molar-refractivity contribution in [2.75, 3.05) is 17.6 Å². The quantitative estimate of drug-likeness (QED) is 0.634. The molecule has 0 bridgehead atoms. The zero-order valence-electron chi connectivity index (χ0n) is 8.49. The van der Waals surface area contributed by atoms with E-state index in [0.717, 1.165) is 0 Å². The van der Waals surface area contributed by atoms with Crippen molar-refractivity contribution < 1.29 is 13.2 Å². The minimum absolute atomic E-state index is 0.102. The summed E-state index contributed by atoms with van der Waals surface area (Å²) in [6.45, 7) is 0.102. The highest BCUT2D eigenvalue weighted by Gasteiger charge is 2.27. The largest absolute Gasteiger partial charge is 0.441 e. The summed E-state index contributed by atoms with van der Waals surface area (Å²) in [4.78, 5) is 7.87. The highest BCUT2D eigenvalue weighted by molar-refractivity contribution is 8.00. The van der Waals surface area contributed by atoms with Gasteiger partial charge in [-0.15, -0.1) is 0 Å². The van der Waals surface area contributed by atoms with Crippen molar-refractivity contribution in [1.82, 2.24) is 9.97 Å². The molecule has 9 heteroatoms. The molecule has 17 heavy (non-hydrogen) atoms. The SMILES string of the molecule is NC(=S)c1ccnc(NCCSC(F)(F)F)n1. The third-order valence-electron chi connectivity index (χ3n) is 1.56. The van der Waals surface area contributed by atoms with E-state index < -0.39 is 5.51 Å². The van der Waals surface area contributed by atoms with Crippen LogP contribution in [0.25, 0.3) is 0 Å². The van der Waals surface area contributed by atoms with Gasteiger partial charge < -0.3 is 11.1 Å². The molecular formula is C8H9F3N4S2. The smallest absolute Gasteiger partial charge is 0.388 e. The van der Waals surface area contributed by atoms with Gasteiger partial charge in [-0.25, -0.2) is 9.97 Å². The van der Waals surface area contributed by atoms with E-state index in [2.05, 4.69) is 15.3 Å². The van der Waals surface area contributed by atoms with Crippen molar-refractivity contribution in [2.24, 2.45) is 5.73 Å². The molecule has 0 aliphatic carbocycles. The van der Waals surface area contributed by atoms with Crippen LogP contribution in [0, 0.1) is 0 Å². The van der Waals surface area contributed by atoms with Gasteiger partial charge in [0.25, 0.3) is 0 Å². The number of thiocarbonyl (C=S) groups is 1. The van der Waals surface area contributed by atoms with Gasteiger partial charge in [0.2, 0.25) is 5.95 Å². The van der Waals surface area contributed by atoms with E-state index >= 15 is 0 Å². The monoisotopic (exact) mass is 282 g/mol. The van der Waals surface area contributed by atoms with Crippen molar-refractivity contribution in [3.8, 4) is 0 Å². The van der Waals surface area contributed by atoms with E-state index in [1.54, 1.807) is 0 Å². The van der Waals surface area contributed by atoms with Crippen LogP contribution in [0.1, 0.15) is 5.69 Å². The topological polar surface area (TPSA) is 63.8 Å². The molecule has 3 N–H and O–H groups in total. The first-order valence-corrected chi connectivity index (χ1v) is 5.85. The molecule has 1 aromatic heterocycles. The fourth-order valence-electron chi connectivity index (χ4n) is 0.911. The molecule has 4 nitrogen and oxygen atoms in total. The van der Waals surface area contributed by atoms with Crippen LogP contribution >= 0.6 is 24.0 Å². The normalized spacial score (nSPS) is 11.2. The third kappa shape index (κ3) is 5.68. The fourth-order valence-corrected chi connectivity index (χ4v) is 1.46. The van der Waals surface area contributed by atoms with Gasteiger partial charge in [-0.2, -0.15) is 13.2 Å². The lowest BCUT2D eigenvalue weighted by Crippen LogP contribution is -2.15. The molecule has 1 heterocycles. The number of rotatable bonds is 5. The van der Waals surface area contributed by atoms with Gasteiger partial charge in [0.1, 0.15) is 10.7 Å². The zero-order valence-corrected chi connectivity index (χ0v) is 10.1. The molecule has 0 aromatic carbocycles. The average molecular weight is 282 g/mol. The lowest BCUT2D eigenvalue weighted by Gasteiger charge is -2.07. The molecular weight excluding hydrogens is 273 g/mol.